The molecule has 0 fully saturated rings. The highest BCUT2D eigenvalue weighted by molar-refractivity contribution is 7.89. The van der Waals surface area contributed by atoms with Gasteiger partial charge < -0.3 is 5.11 Å². The van der Waals surface area contributed by atoms with Crippen molar-refractivity contribution in [1.29, 1.82) is 0 Å². The molecular weight excluding hydrogens is 310 g/mol. The van der Waals surface area contributed by atoms with Crippen LogP contribution in [0.25, 0.3) is 0 Å². The summed E-state index contributed by atoms with van der Waals surface area (Å²) in [5.41, 5.74) is 1.69. The van der Waals surface area contributed by atoms with Crippen molar-refractivity contribution in [3.63, 3.8) is 0 Å². The van der Waals surface area contributed by atoms with Crippen LogP contribution < -0.4 is 4.72 Å². The van der Waals surface area contributed by atoms with Crippen LogP contribution in [0.3, 0.4) is 0 Å². The molecule has 0 aliphatic carbocycles. The Morgan fingerprint density at radius 2 is 1.76 bits per heavy atom. The van der Waals surface area contributed by atoms with Crippen molar-refractivity contribution >= 4 is 21.6 Å². The van der Waals surface area contributed by atoms with E-state index in [1.165, 1.54) is 12.1 Å². The minimum Gasteiger partial charge on any atom is -0.396 e. The van der Waals surface area contributed by atoms with Crippen LogP contribution in [0.1, 0.15) is 11.1 Å². The molecule has 2 N–H and O–H groups in total. The van der Waals surface area contributed by atoms with Gasteiger partial charge in [0.15, 0.2) is 0 Å². The predicted octanol–water partition coefficient (Wildman–Crippen LogP) is 2.35. The Balaban J connectivity index is 2.07. The van der Waals surface area contributed by atoms with E-state index in [1.54, 1.807) is 36.4 Å². The first kappa shape index (κ1) is 16.0. The molecule has 0 spiro atoms. The molecule has 2 aromatic rings. The van der Waals surface area contributed by atoms with E-state index >= 15 is 0 Å². The maximum atomic E-state index is 12.2. The molecule has 2 rings (SSSR count). The Labute approximate surface area is 129 Å². The van der Waals surface area contributed by atoms with E-state index in [9.17, 15) is 8.42 Å². The van der Waals surface area contributed by atoms with Crippen molar-refractivity contribution in [2.75, 3.05) is 6.61 Å². The molecule has 0 bridgehead atoms. The van der Waals surface area contributed by atoms with Gasteiger partial charge in [-0.1, -0.05) is 35.9 Å². The number of rotatable bonds is 6. The summed E-state index contributed by atoms with van der Waals surface area (Å²) in [7, 11) is -3.56. The second-order valence-electron chi connectivity index (χ2n) is 4.57. The summed E-state index contributed by atoms with van der Waals surface area (Å²) in [6.45, 7) is 0.223. The zero-order chi connectivity index (χ0) is 15.3. The van der Waals surface area contributed by atoms with Gasteiger partial charge in [0.1, 0.15) is 0 Å². The first-order chi connectivity index (χ1) is 10.0. The Morgan fingerprint density at radius 1 is 1.05 bits per heavy atom. The monoisotopic (exact) mass is 325 g/mol. The lowest BCUT2D eigenvalue weighted by Crippen LogP contribution is -2.23. The van der Waals surface area contributed by atoms with Crippen LogP contribution in [0, 0.1) is 0 Å². The van der Waals surface area contributed by atoms with Crippen LogP contribution in [0.15, 0.2) is 53.4 Å². The van der Waals surface area contributed by atoms with E-state index in [2.05, 4.69) is 4.72 Å². The number of aliphatic hydroxyl groups excluding tert-OH is 1. The van der Waals surface area contributed by atoms with Crippen molar-refractivity contribution in [2.24, 2.45) is 0 Å². The lowest BCUT2D eigenvalue weighted by molar-refractivity contribution is 0.299. The van der Waals surface area contributed by atoms with Gasteiger partial charge in [-0.3, -0.25) is 0 Å². The number of nitrogens with one attached hydrogen (secondary N) is 1. The fraction of sp³-hybridized carbons (Fsp3) is 0.200. The standard InChI is InChI=1S/C15H16ClNO3S/c16-14-3-1-2-13(10-14)11-17-21(19,20)15-6-4-12(5-7-15)8-9-18/h1-7,10,17-18H,8-9,11H2. The zero-order valence-electron chi connectivity index (χ0n) is 11.3. The average Bonchev–Trinajstić information content (AvgIpc) is 2.46. The fourth-order valence-electron chi connectivity index (χ4n) is 1.87. The summed E-state index contributed by atoms with van der Waals surface area (Å²) < 4.78 is 26.9. The van der Waals surface area contributed by atoms with Crippen molar-refractivity contribution in [3.05, 3.63) is 64.7 Å². The molecule has 0 atom stereocenters. The van der Waals surface area contributed by atoms with Crippen LogP contribution in [-0.2, 0) is 23.0 Å². The van der Waals surface area contributed by atoms with Crippen LogP contribution in [-0.4, -0.2) is 20.1 Å². The molecule has 0 aliphatic rings. The SMILES string of the molecule is O=S(=O)(NCc1cccc(Cl)c1)c1ccc(CCO)cc1. The minimum absolute atomic E-state index is 0.0408. The maximum Gasteiger partial charge on any atom is 0.240 e. The fourth-order valence-corrected chi connectivity index (χ4v) is 3.10. The lowest BCUT2D eigenvalue weighted by Gasteiger charge is -2.08. The first-order valence-corrected chi connectivity index (χ1v) is 8.31. The van der Waals surface area contributed by atoms with Gasteiger partial charge in [-0.15, -0.1) is 0 Å². The summed E-state index contributed by atoms with van der Waals surface area (Å²) in [4.78, 5) is 0.200. The topological polar surface area (TPSA) is 66.4 Å². The number of sulfonamides is 1. The average molecular weight is 326 g/mol. The summed E-state index contributed by atoms with van der Waals surface area (Å²) in [5, 5.41) is 9.41. The molecule has 21 heavy (non-hydrogen) atoms. The predicted molar refractivity (Wildman–Crippen MR) is 82.7 cm³/mol. The van der Waals surface area contributed by atoms with E-state index in [1.807, 2.05) is 0 Å². The Hall–Kier alpha value is -1.40. The van der Waals surface area contributed by atoms with Gasteiger partial charge >= 0.3 is 0 Å². The Morgan fingerprint density at radius 3 is 2.38 bits per heavy atom. The summed E-state index contributed by atoms with van der Waals surface area (Å²) in [6.07, 6.45) is 0.510. The van der Waals surface area contributed by atoms with Crippen LogP contribution in [0.5, 0.6) is 0 Å². The molecule has 0 aromatic heterocycles. The van der Waals surface area contributed by atoms with Gasteiger partial charge in [-0.2, -0.15) is 0 Å². The summed E-state index contributed by atoms with van der Waals surface area (Å²) >= 11 is 5.86. The Kier molecular flexibility index (Phi) is 5.36. The number of benzene rings is 2. The van der Waals surface area contributed by atoms with Crippen LogP contribution in [0.2, 0.25) is 5.02 Å². The van der Waals surface area contributed by atoms with Crippen molar-refractivity contribution < 1.29 is 13.5 Å². The molecule has 0 amide bonds. The van der Waals surface area contributed by atoms with Crippen molar-refractivity contribution in [3.8, 4) is 0 Å². The third-order valence-corrected chi connectivity index (χ3v) is 4.64. The van der Waals surface area contributed by atoms with Gasteiger partial charge in [0.05, 0.1) is 4.90 Å². The van der Waals surface area contributed by atoms with E-state index < -0.39 is 10.0 Å². The molecular formula is C15H16ClNO3S. The summed E-state index contributed by atoms with van der Waals surface area (Å²) in [6, 6.07) is 13.5. The van der Waals surface area contributed by atoms with Crippen LogP contribution in [0.4, 0.5) is 0 Å². The first-order valence-electron chi connectivity index (χ1n) is 6.45. The van der Waals surface area contributed by atoms with Gasteiger partial charge in [-0.05, 0) is 41.8 Å². The number of hydrogen-bond acceptors (Lipinski definition) is 3. The second kappa shape index (κ2) is 7.04. The van der Waals surface area contributed by atoms with Crippen molar-refractivity contribution in [2.45, 2.75) is 17.9 Å². The third kappa shape index (κ3) is 4.54. The lowest BCUT2D eigenvalue weighted by atomic mass is 10.2. The smallest absolute Gasteiger partial charge is 0.240 e. The molecule has 4 nitrogen and oxygen atoms in total. The van der Waals surface area contributed by atoms with Gasteiger partial charge in [0, 0.05) is 18.2 Å². The number of hydrogen-bond donors (Lipinski definition) is 2. The number of halogens is 1. The molecule has 0 aliphatic heterocycles. The summed E-state index contributed by atoms with van der Waals surface area (Å²) in [5.74, 6) is 0. The van der Waals surface area contributed by atoms with Crippen molar-refractivity contribution in [1.82, 2.24) is 4.72 Å². The molecule has 6 heteroatoms. The van der Waals surface area contributed by atoms with E-state index in [0.29, 0.717) is 11.4 Å². The van der Waals surface area contributed by atoms with Crippen LogP contribution >= 0.6 is 11.6 Å². The second-order valence-corrected chi connectivity index (χ2v) is 6.78. The van der Waals surface area contributed by atoms with Gasteiger partial charge in [-0.25, -0.2) is 13.1 Å². The molecule has 2 aromatic carbocycles. The zero-order valence-corrected chi connectivity index (χ0v) is 12.9. The molecule has 112 valence electrons. The largest absolute Gasteiger partial charge is 0.396 e. The maximum absolute atomic E-state index is 12.2. The highest BCUT2D eigenvalue weighted by atomic mass is 35.5. The molecule has 0 saturated carbocycles. The quantitative estimate of drug-likeness (QED) is 0.856. The van der Waals surface area contributed by atoms with E-state index in [0.717, 1.165) is 11.1 Å². The normalized spacial score (nSPS) is 11.5. The van der Waals surface area contributed by atoms with Gasteiger partial charge in [0.25, 0.3) is 0 Å². The van der Waals surface area contributed by atoms with E-state index in [-0.39, 0.29) is 18.0 Å². The third-order valence-electron chi connectivity index (χ3n) is 2.99. The Bertz CT molecular complexity index is 699. The number of aliphatic hydroxyl groups is 1. The minimum atomic E-state index is -3.56. The molecule has 0 radical (unpaired) electrons. The molecule has 0 unspecified atom stereocenters. The highest BCUT2D eigenvalue weighted by Crippen LogP contribution is 2.13. The molecule has 0 heterocycles. The molecule has 0 saturated heterocycles. The van der Waals surface area contributed by atoms with Gasteiger partial charge in [0.2, 0.25) is 10.0 Å². The highest BCUT2D eigenvalue weighted by Gasteiger charge is 2.13. The van der Waals surface area contributed by atoms with E-state index in [4.69, 9.17) is 16.7 Å².